The Morgan fingerprint density at radius 1 is 1.50 bits per heavy atom. The van der Waals surface area contributed by atoms with Gasteiger partial charge in [0.2, 0.25) is 5.91 Å². The van der Waals surface area contributed by atoms with Crippen LogP contribution in [0.3, 0.4) is 0 Å². The number of nitrogens with two attached hydrogens (primary N) is 1. The minimum atomic E-state index is -0.175. The molecule has 0 spiro atoms. The van der Waals surface area contributed by atoms with Crippen molar-refractivity contribution in [3.8, 4) is 0 Å². The van der Waals surface area contributed by atoms with Crippen LogP contribution in [0.2, 0.25) is 0 Å². The summed E-state index contributed by atoms with van der Waals surface area (Å²) in [7, 11) is 1.79. The third-order valence-corrected chi connectivity index (χ3v) is 3.83. The zero-order chi connectivity index (χ0) is 13.3. The van der Waals surface area contributed by atoms with Gasteiger partial charge in [-0.15, -0.1) is 0 Å². The van der Waals surface area contributed by atoms with Crippen molar-refractivity contribution >= 4 is 11.6 Å². The number of aliphatic hydroxyl groups excluding tert-OH is 1. The van der Waals surface area contributed by atoms with E-state index in [0.29, 0.717) is 6.42 Å². The quantitative estimate of drug-likeness (QED) is 0.842. The van der Waals surface area contributed by atoms with Crippen molar-refractivity contribution in [3.63, 3.8) is 0 Å². The van der Waals surface area contributed by atoms with E-state index in [1.165, 1.54) is 0 Å². The number of likely N-dealkylation sites (N-methyl/N-ethyl adjacent to an activating group) is 1. The fourth-order valence-corrected chi connectivity index (χ4v) is 2.47. The fourth-order valence-electron chi connectivity index (χ4n) is 2.47. The molecule has 1 aromatic carbocycles. The molecule has 1 aliphatic rings. The summed E-state index contributed by atoms with van der Waals surface area (Å²) in [4.78, 5) is 13.3. The largest absolute Gasteiger partial charge is 0.396 e. The Labute approximate surface area is 107 Å². The predicted molar refractivity (Wildman–Crippen MR) is 71.4 cm³/mol. The zero-order valence-corrected chi connectivity index (χ0v) is 10.9. The first kappa shape index (κ1) is 13.1. The lowest BCUT2D eigenvalue weighted by atomic mass is 9.91. The van der Waals surface area contributed by atoms with Crippen LogP contribution in [0.25, 0.3) is 0 Å². The zero-order valence-electron chi connectivity index (χ0n) is 10.9. The van der Waals surface area contributed by atoms with Gasteiger partial charge in [0.15, 0.2) is 0 Å². The minimum absolute atomic E-state index is 0.0675. The molecule has 98 valence electrons. The monoisotopic (exact) mass is 248 g/mol. The molecule has 1 heterocycles. The molecule has 1 amide bonds. The lowest BCUT2D eigenvalue weighted by Crippen LogP contribution is -2.24. The van der Waals surface area contributed by atoms with E-state index in [0.717, 1.165) is 23.2 Å². The van der Waals surface area contributed by atoms with Gasteiger partial charge in [0.1, 0.15) is 0 Å². The van der Waals surface area contributed by atoms with Crippen molar-refractivity contribution in [1.82, 2.24) is 0 Å². The Bertz CT molecular complexity index is 455. The second-order valence-electron chi connectivity index (χ2n) is 4.89. The van der Waals surface area contributed by atoms with Gasteiger partial charge in [0.25, 0.3) is 0 Å². The van der Waals surface area contributed by atoms with Crippen LogP contribution in [0, 0.1) is 5.92 Å². The normalized spacial score (nSPS) is 17.8. The summed E-state index contributed by atoms with van der Waals surface area (Å²) >= 11 is 0. The second-order valence-corrected chi connectivity index (χ2v) is 4.89. The summed E-state index contributed by atoms with van der Waals surface area (Å²) in [5.74, 6) is 0.183. The lowest BCUT2D eigenvalue weighted by molar-refractivity contribution is -0.117. The molecule has 0 aromatic heterocycles. The maximum absolute atomic E-state index is 11.6. The highest BCUT2D eigenvalue weighted by molar-refractivity contribution is 6.00. The first-order valence-corrected chi connectivity index (χ1v) is 6.34. The number of hydrogen-bond acceptors (Lipinski definition) is 3. The molecular formula is C14H20N2O2. The molecule has 0 fully saturated rings. The number of nitrogens with zero attached hydrogens (tertiary/aromatic N) is 1. The average molecular weight is 248 g/mol. The van der Waals surface area contributed by atoms with Crippen LogP contribution in [0.5, 0.6) is 0 Å². The molecule has 1 aromatic rings. The van der Waals surface area contributed by atoms with E-state index >= 15 is 0 Å². The molecular weight excluding hydrogens is 228 g/mol. The Morgan fingerprint density at radius 2 is 2.22 bits per heavy atom. The number of anilines is 1. The summed E-state index contributed by atoms with van der Waals surface area (Å²) < 4.78 is 0. The van der Waals surface area contributed by atoms with Gasteiger partial charge in [0, 0.05) is 31.3 Å². The van der Waals surface area contributed by atoms with Crippen LogP contribution in [-0.2, 0) is 11.2 Å². The van der Waals surface area contributed by atoms with Gasteiger partial charge in [-0.2, -0.15) is 0 Å². The van der Waals surface area contributed by atoms with Crippen LogP contribution in [0.1, 0.15) is 30.5 Å². The van der Waals surface area contributed by atoms with Gasteiger partial charge < -0.3 is 15.7 Å². The van der Waals surface area contributed by atoms with Gasteiger partial charge in [-0.25, -0.2) is 0 Å². The standard InChI is InChI=1S/C14H20N2O2/c1-3-9(8-17)14(15)10-4-5-12-11(6-10)7-13(18)16(12)2/h4-6,9,14,17H,3,7-8,15H2,1-2H3. The van der Waals surface area contributed by atoms with E-state index in [4.69, 9.17) is 5.73 Å². The molecule has 2 atom stereocenters. The van der Waals surface area contributed by atoms with E-state index < -0.39 is 0 Å². The molecule has 0 saturated heterocycles. The number of carbonyl (C=O) groups excluding carboxylic acids is 1. The van der Waals surface area contributed by atoms with Gasteiger partial charge in [-0.3, -0.25) is 4.79 Å². The molecule has 2 rings (SSSR count). The highest BCUT2D eigenvalue weighted by Crippen LogP contribution is 2.31. The first-order chi connectivity index (χ1) is 8.58. The number of hydrogen-bond donors (Lipinski definition) is 2. The Kier molecular flexibility index (Phi) is 3.68. The number of rotatable bonds is 4. The van der Waals surface area contributed by atoms with Crippen LogP contribution in [0.4, 0.5) is 5.69 Å². The van der Waals surface area contributed by atoms with Crippen molar-refractivity contribution in [3.05, 3.63) is 29.3 Å². The van der Waals surface area contributed by atoms with Crippen LogP contribution < -0.4 is 10.6 Å². The van der Waals surface area contributed by atoms with Gasteiger partial charge in [-0.1, -0.05) is 19.1 Å². The Morgan fingerprint density at radius 3 is 2.83 bits per heavy atom. The highest BCUT2D eigenvalue weighted by Gasteiger charge is 2.25. The third kappa shape index (κ3) is 2.13. The number of amides is 1. The summed E-state index contributed by atoms with van der Waals surface area (Å²) in [5, 5.41) is 9.29. The van der Waals surface area contributed by atoms with Gasteiger partial charge in [-0.05, 0) is 23.6 Å². The maximum atomic E-state index is 11.6. The smallest absolute Gasteiger partial charge is 0.231 e. The van der Waals surface area contributed by atoms with Crippen molar-refractivity contribution in [2.45, 2.75) is 25.8 Å². The van der Waals surface area contributed by atoms with E-state index in [-0.39, 0.29) is 24.5 Å². The minimum Gasteiger partial charge on any atom is -0.396 e. The molecule has 0 aliphatic carbocycles. The Hall–Kier alpha value is -1.39. The predicted octanol–water partition coefficient (Wildman–Crippen LogP) is 1.22. The molecule has 4 nitrogen and oxygen atoms in total. The average Bonchev–Trinajstić information content (AvgIpc) is 2.66. The van der Waals surface area contributed by atoms with E-state index in [2.05, 4.69) is 0 Å². The van der Waals surface area contributed by atoms with Crippen molar-refractivity contribution in [2.24, 2.45) is 11.7 Å². The van der Waals surface area contributed by atoms with Crippen LogP contribution >= 0.6 is 0 Å². The van der Waals surface area contributed by atoms with Crippen LogP contribution in [0.15, 0.2) is 18.2 Å². The van der Waals surface area contributed by atoms with Gasteiger partial charge >= 0.3 is 0 Å². The number of aliphatic hydroxyl groups is 1. The number of fused-ring (bicyclic) bond motifs is 1. The first-order valence-electron chi connectivity index (χ1n) is 6.34. The molecule has 4 heteroatoms. The molecule has 3 N–H and O–H groups in total. The fraction of sp³-hybridized carbons (Fsp3) is 0.500. The maximum Gasteiger partial charge on any atom is 0.231 e. The van der Waals surface area contributed by atoms with E-state index in [1.807, 2.05) is 25.1 Å². The SMILES string of the molecule is CCC(CO)C(N)c1ccc2c(c1)CC(=O)N2C. The third-order valence-electron chi connectivity index (χ3n) is 3.83. The Balaban J connectivity index is 2.28. The highest BCUT2D eigenvalue weighted by atomic mass is 16.3. The second kappa shape index (κ2) is 5.08. The number of benzene rings is 1. The molecule has 1 aliphatic heterocycles. The summed E-state index contributed by atoms with van der Waals surface area (Å²) in [5.41, 5.74) is 9.16. The van der Waals surface area contributed by atoms with Crippen molar-refractivity contribution in [2.75, 3.05) is 18.6 Å². The lowest BCUT2D eigenvalue weighted by Gasteiger charge is -2.21. The molecule has 0 bridgehead atoms. The summed E-state index contributed by atoms with van der Waals surface area (Å²) in [6.45, 7) is 2.11. The van der Waals surface area contributed by atoms with Crippen LogP contribution in [-0.4, -0.2) is 24.7 Å². The van der Waals surface area contributed by atoms with E-state index in [9.17, 15) is 9.90 Å². The number of carbonyl (C=O) groups is 1. The van der Waals surface area contributed by atoms with E-state index in [1.54, 1.807) is 11.9 Å². The summed E-state index contributed by atoms with van der Waals surface area (Å²) in [6.07, 6.45) is 1.29. The van der Waals surface area contributed by atoms with Crippen molar-refractivity contribution in [1.29, 1.82) is 0 Å². The molecule has 0 saturated carbocycles. The molecule has 2 unspecified atom stereocenters. The summed E-state index contributed by atoms with van der Waals surface area (Å²) in [6, 6.07) is 5.72. The molecule has 0 radical (unpaired) electrons. The van der Waals surface area contributed by atoms with Gasteiger partial charge in [0.05, 0.1) is 6.42 Å². The molecule has 18 heavy (non-hydrogen) atoms. The topological polar surface area (TPSA) is 66.6 Å². The van der Waals surface area contributed by atoms with Crippen molar-refractivity contribution < 1.29 is 9.90 Å².